The standard InChI is InChI=1S/C26H24N6S.C20H18BrN5S.2CH4/c27-20(15-18-7-3-1-4-8-18)16-29-26-24-23(31-25(32-26)19-11-13-28-14-12-19)22(17-33-24)30-21-9-5-2-6-10-21;21-16-12-27-18-17(16)25-19(14-6-8-23-9-7-14)26-20(18)24-11-15(22)10-13-4-2-1-3-5-13;;/h1-14,17,20,30H,15-16,27H2,(H,29,31,32);1-9,12,15H,10-11,22H2,(H,24,25,26);2*1H4/t20-;15-;;/m00../s1. The topological polar surface area (TPSA) is 165 Å². The monoisotopic (exact) mass is 923 g/mol. The number of nitrogens with one attached hydrogen (secondary N) is 3. The molecule has 0 aliphatic carbocycles. The van der Waals surface area contributed by atoms with Crippen LogP contribution in [0.15, 0.2) is 155 Å². The summed E-state index contributed by atoms with van der Waals surface area (Å²) in [7, 11) is 0. The van der Waals surface area contributed by atoms with Crippen molar-refractivity contribution in [3.8, 4) is 22.8 Å². The quantitative estimate of drug-likeness (QED) is 0.0705. The summed E-state index contributed by atoms with van der Waals surface area (Å²) < 4.78 is 2.99. The maximum atomic E-state index is 6.43. The number of anilines is 4. The molecule has 0 spiro atoms. The molecule has 11 nitrogen and oxygen atoms in total. The molecule has 9 aromatic rings. The van der Waals surface area contributed by atoms with Gasteiger partial charge in [0.1, 0.15) is 22.7 Å². The molecule has 7 N–H and O–H groups in total. The van der Waals surface area contributed by atoms with Gasteiger partial charge in [-0.1, -0.05) is 93.7 Å². The largest absolute Gasteiger partial charge is 0.367 e. The van der Waals surface area contributed by atoms with Gasteiger partial charge >= 0.3 is 0 Å². The minimum atomic E-state index is -0.0383. The first kappa shape index (κ1) is 45.4. The first-order valence-electron chi connectivity index (χ1n) is 19.4. The first-order chi connectivity index (χ1) is 29.5. The molecule has 2 atom stereocenters. The highest BCUT2D eigenvalue weighted by Crippen LogP contribution is 2.37. The highest BCUT2D eigenvalue weighted by molar-refractivity contribution is 9.10. The third-order valence-electron chi connectivity index (χ3n) is 9.46. The van der Waals surface area contributed by atoms with Crippen LogP contribution >= 0.6 is 38.6 Å². The fourth-order valence-electron chi connectivity index (χ4n) is 6.51. The highest BCUT2D eigenvalue weighted by atomic mass is 79.9. The number of para-hydroxylation sites is 1. The molecular formula is C48H50BrN11S2. The zero-order valence-electron chi connectivity index (χ0n) is 32.4. The van der Waals surface area contributed by atoms with E-state index < -0.39 is 0 Å². The number of hydrogen-bond donors (Lipinski definition) is 5. The summed E-state index contributed by atoms with van der Waals surface area (Å²) in [6.45, 7) is 1.24. The second kappa shape index (κ2) is 22.1. The molecular weight excluding hydrogens is 875 g/mol. The van der Waals surface area contributed by atoms with Gasteiger partial charge < -0.3 is 27.4 Å². The SMILES string of the molecule is C.C.N[C@H](CNc1nc(-c2ccncc2)nc2c(Br)csc12)Cc1ccccc1.N[C@H](CNc1nc(-c2ccncc2)nc2c(Nc3ccccc3)csc12)Cc1ccccc1. The molecule has 0 fully saturated rings. The molecule has 0 radical (unpaired) electrons. The van der Waals surface area contributed by atoms with E-state index in [2.05, 4.69) is 71.5 Å². The van der Waals surface area contributed by atoms with Crippen LogP contribution in [-0.4, -0.2) is 55.1 Å². The van der Waals surface area contributed by atoms with Gasteiger partial charge in [0.25, 0.3) is 0 Å². The number of fused-ring (bicyclic) bond motifs is 2. The maximum Gasteiger partial charge on any atom is 0.162 e. The van der Waals surface area contributed by atoms with Gasteiger partial charge in [0.05, 0.1) is 19.6 Å². The summed E-state index contributed by atoms with van der Waals surface area (Å²) in [5.41, 5.74) is 20.8. The fraction of sp³-hybridized carbons (Fsp3) is 0.167. The lowest BCUT2D eigenvalue weighted by Gasteiger charge is -2.15. The number of nitrogens with zero attached hydrogens (tertiary/aromatic N) is 6. The molecule has 6 heterocycles. The van der Waals surface area contributed by atoms with Crippen LogP contribution < -0.4 is 27.4 Å². The maximum absolute atomic E-state index is 6.43. The molecule has 0 aliphatic heterocycles. The Hall–Kier alpha value is -6.16. The van der Waals surface area contributed by atoms with E-state index in [9.17, 15) is 0 Å². The Morgan fingerprint density at radius 3 is 1.47 bits per heavy atom. The summed E-state index contributed by atoms with van der Waals surface area (Å²) in [5.74, 6) is 2.93. The van der Waals surface area contributed by atoms with Crippen molar-refractivity contribution in [2.45, 2.75) is 39.8 Å². The number of benzene rings is 3. The van der Waals surface area contributed by atoms with Crippen molar-refractivity contribution in [1.29, 1.82) is 0 Å². The third kappa shape index (κ3) is 11.6. The molecule has 6 aromatic heterocycles. The van der Waals surface area contributed by atoms with Gasteiger partial charge in [-0.15, -0.1) is 22.7 Å². The lowest BCUT2D eigenvalue weighted by Crippen LogP contribution is -2.31. The van der Waals surface area contributed by atoms with Crippen molar-refractivity contribution in [2.75, 3.05) is 29.0 Å². The van der Waals surface area contributed by atoms with E-state index in [1.165, 1.54) is 11.1 Å². The normalized spacial score (nSPS) is 11.7. The van der Waals surface area contributed by atoms with E-state index in [1.54, 1.807) is 47.5 Å². The lowest BCUT2D eigenvalue weighted by molar-refractivity contribution is 0.698. The molecule has 0 saturated heterocycles. The number of halogens is 1. The second-order valence-electron chi connectivity index (χ2n) is 14.0. The van der Waals surface area contributed by atoms with Gasteiger partial charge in [0.2, 0.25) is 0 Å². The van der Waals surface area contributed by atoms with E-state index in [1.807, 2.05) is 96.4 Å². The molecule has 0 unspecified atom stereocenters. The summed E-state index contributed by atoms with van der Waals surface area (Å²) >= 11 is 6.82. The van der Waals surface area contributed by atoms with E-state index in [-0.39, 0.29) is 26.9 Å². The Morgan fingerprint density at radius 2 is 0.968 bits per heavy atom. The summed E-state index contributed by atoms with van der Waals surface area (Å²) in [6.07, 6.45) is 8.60. The van der Waals surface area contributed by atoms with E-state index in [0.717, 1.165) is 71.9 Å². The van der Waals surface area contributed by atoms with Crippen molar-refractivity contribution in [1.82, 2.24) is 29.9 Å². The Kier molecular flexibility index (Phi) is 16.2. The molecule has 14 heteroatoms. The van der Waals surface area contributed by atoms with Crippen LogP contribution in [0, 0.1) is 0 Å². The van der Waals surface area contributed by atoms with Crippen LogP contribution in [0.5, 0.6) is 0 Å². The first-order valence-corrected chi connectivity index (χ1v) is 22.0. The molecule has 0 saturated carbocycles. The molecule has 3 aromatic carbocycles. The Bertz CT molecular complexity index is 2740. The van der Waals surface area contributed by atoms with Crippen molar-refractivity contribution >= 4 is 82.0 Å². The molecule has 9 rings (SSSR count). The van der Waals surface area contributed by atoms with Gasteiger partial charge in [-0.25, -0.2) is 19.9 Å². The molecule has 0 amide bonds. The van der Waals surface area contributed by atoms with Crippen LogP contribution in [0.2, 0.25) is 0 Å². The van der Waals surface area contributed by atoms with Gasteiger partial charge in [-0.2, -0.15) is 0 Å². The number of rotatable bonds is 14. The lowest BCUT2D eigenvalue weighted by atomic mass is 10.1. The van der Waals surface area contributed by atoms with Crippen molar-refractivity contribution in [3.05, 3.63) is 166 Å². The second-order valence-corrected chi connectivity index (χ2v) is 16.6. The van der Waals surface area contributed by atoms with Gasteiger partial charge in [-0.05, 0) is 76.3 Å². The minimum absolute atomic E-state index is 0. The molecule has 316 valence electrons. The minimum Gasteiger partial charge on any atom is -0.367 e. The average molecular weight is 925 g/mol. The average Bonchev–Trinajstić information content (AvgIpc) is 3.89. The van der Waals surface area contributed by atoms with E-state index >= 15 is 0 Å². The molecule has 0 bridgehead atoms. The van der Waals surface area contributed by atoms with Crippen molar-refractivity contribution in [2.24, 2.45) is 11.5 Å². The smallest absolute Gasteiger partial charge is 0.162 e. The predicted octanol–water partition coefficient (Wildman–Crippen LogP) is 11.2. The Balaban J connectivity index is 0.000000204. The van der Waals surface area contributed by atoms with Crippen LogP contribution in [0.1, 0.15) is 26.0 Å². The third-order valence-corrected chi connectivity index (χ3v) is 12.3. The van der Waals surface area contributed by atoms with Crippen LogP contribution in [-0.2, 0) is 12.8 Å². The highest BCUT2D eigenvalue weighted by Gasteiger charge is 2.17. The zero-order valence-corrected chi connectivity index (χ0v) is 35.7. The Labute approximate surface area is 379 Å². The predicted molar refractivity (Wildman–Crippen MR) is 265 cm³/mol. The number of thiophene rings is 2. The summed E-state index contributed by atoms with van der Waals surface area (Å²) in [6, 6.07) is 38.3. The number of pyridine rings is 2. The molecule has 62 heavy (non-hydrogen) atoms. The summed E-state index contributed by atoms with van der Waals surface area (Å²) in [5, 5.41) is 14.5. The van der Waals surface area contributed by atoms with Crippen LogP contribution in [0.3, 0.4) is 0 Å². The van der Waals surface area contributed by atoms with Crippen LogP contribution in [0.4, 0.5) is 23.0 Å². The molecule has 0 aliphatic rings. The van der Waals surface area contributed by atoms with Gasteiger partial charge in [0, 0.05) is 77.5 Å². The van der Waals surface area contributed by atoms with Gasteiger partial charge in [0.15, 0.2) is 11.6 Å². The zero-order chi connectivity index (χ0) is 41.1. The fourth-order valence-corrected chi connectivity index (χ4v) is 8.94. The van der Waals surface area contributed by atoms with Crippen molar-refractivity contribution in [3.63, 3.8) is 0 Å². The Morgan fingerprint density at radius 1 is 0.532 bits per heavy atom. The van der Waals surface area contributed by atoms with Gasteiger partial charge in [-0.3, -0.25) is 9.97 Å². The number of aromatic nitrogens is 6. The number of nitrogens with two attached hydrogens (primary N) is 2. The van der Waals surface area contributed by atoms with E-state index in [0.29, 0.717) is 24.7 Å². The van der Waals surface area contributed by atoms with Crippen molar-refractivity contribution < 1.29 is 0 Å². The van der Waals surface area contributed by atoms with E-state index in [4.69, 9.17) is 31.4 Å². The van der Waals surface area contributed by atoms with Crippen LogP contribution in [0.25, 0.3) is 43.2 Å². The summed E-state index contributed by atoms with van der Waals surface area (Å²) in [4.78, 5) is 27.4. The number of hydrogen-bond acceptors (Lipinski definition) is 13.